The molecule has 1 heterocycles. The predicted octanol–water partition coefficient (Wildman–Crippen LogP) is 5.01. The van der Waals surface area contributed by atoms with E-state index in [9.17, 15) is 0 Å². The van der Waals surface area contributed by atoms with Crippen molar-refractivity contribution in [1.29, 1.82) is 0 Å². The topological polar surface area (TPSA) is 43.4 Å². The fourth-order valence-corrected chi connectivity index (χ4v) is 2.13. The molecule has 21 heavy (non-hydrogen) atoms. The van der Waals surface area contributed by atoms with Crippen molar-refractivity contribution >= 4 is 29.0 Å². The molecule has 0 aliphatic carbocycles. The van der Waals surface area contributed by atoms with Crippen molar-refractivity contribution in [2.24, 2.45) is 0 Å². The van der Waals surface area contributed by atoms with E-state index in [0.29, 0.717) is 33.2 Å². The Bertz CT molecular complexity index is 621. The van der Waals surface area contributed by atoms with E-state index in [-0.39, 0.29) is 0 Å². The number of pyridine rings is 1. The van der Waals surface area contributed by atoms with Crippen LogP contribution in [0.2, 0.25) is 10.0 Å². The zero-order chi connectivity index (χ0) is 15.2. The van der Waals surface area contributed by atoms with Gasteiger partial charge >= 0.3 is 0 Å². The molecule has 1 aromatic heterocycles. The summed E-state index contributed by atoms with van der Waals surface area (Å²) >= 11 is 12.2. The summed E-state index contributed by atoms with van der Waals surface area (Å²) in [6.07, 6.45) is 0.965. The highest BCUT2D eigenvalue weighted by molar-refractivity contribution is 6.36. The van der Waals surface area contributed by atoms with Gasteiger partial charge in [-0.1, -0.05) is 36.2 Å². The van der Waals surface area contributed by atoms with Gasteiger partial charge in [0.05, 0.1) is 12.1 Å². The number of halogens is 2. The van der Waals surface area contributed by atoms with E-state index < -0.39 is 0 Å². The van der Waals surface area contributed by atoms with Gasteiger partial charge < -0.3 is 14.8 Å². The Balaban J connectivity index is 2.25. The molecule has 0 atom stereocenters. The summed E-state index contributed by atoms with van der Waals surface area (Å²) < 4.78 is 10.9. The highest BCUT2D eigenvalue weighted by Gasteiger charge is 2.11. The highest BCUT2D eigenvalue weighted by Crippen LogP contribution is 2.34. The molecule has 0 radical (unpaired) electrons. The molecule has 2 aromatic rings. The van der Waals surface area contributed by atoms with Crippen LogP contribution in [0.15, 0.2) is 30.3 Å². The van der Waals surface area contributed by atoms with Gasteiger partial charge in [-0.15, -0.1) is 0 Å². The number of methoxy groups -OCH3 is 1. The maximum absolute atomic E-state index is 6.13. The molecule has 1 aromatic carbocycles. The molecule has 0 bridgehead atoms. The van der Waals surface area contributed by atoms with Gasteiger partial charge in [0.15, 0.2) is 0 Å². The third-order valence-electron chi connectivity index (χ3n) is 2.70. The minimum Gasteiger partial charge on any atom is -0.497 e. The molecule has 1 N–H and O–H groups in total. The SMILES string of the molecule is CCCNc1nc(Oc2cccc(OC)c2)c(Cl)cc1Cl. The minimum absolute atomic E-state index is 0.299. The van der Waals surface area contributed by atoms with E-state index in [2.05, 4.69) is 17.2 Å². The van der Waals surface area contributed by atoms with Crippen molar-refractivity contribution < 1.29 is 9.47 Å². The number of anilines is 1. The van der Waals surface area contributed by atoms with Crippen molar-refractivity contribution in [2.45, 2.75) is 13.3 Å². The summed E-state index contributed by atoms with van der Waals surface area (Å²) in [5, 5.41) is 3.95. The zero-order valence-corrected chi connectivity index (χ0v) is 13.3. The van der Waals surface area contributed by atoms with Gasteiger partial charge in [-0.3, -0.25) is 0 Å². The first-order chi connectivity index (χ1) is 10.1. The Kier molecular flexibility index (Phi) is 5.53. The first-order valence-electron chi connectivity index (χ1n) is 6.56. The van der Waals surface area contributed by atoms with Crippen molar-refractivity contribution in [1.82, 2.24) is 4.98 Å². The van der Waals surface area contributed by atoms with Crippen molar-refractivity contribution in [2.75, 3.05) is 19.0 Å². The van der Waals surface area contributed by atoms with Crippen LogP contribution in [0.5, 0.6) is 17.4 Å². The van der Waals surface area contributed by atoms with Crippen LogP contribution in [0.3, 0.4) is 0 Å². The third-order valence-corrected chi connectivity index (χ3v) is 3.25. The van der Waals surface area contributed by atoms with Gasteiger partial charge in [0, 0.05) is 12.6 Å². The van der Waals surface area contributed by atoms with Crippen LogP contribution in [0.25, 0.3) is 0 Å². The summed E-state index contributed by atoms with van der Waals surface area (Å²) in [6.45, 7) is 2.83. The molecule has 112 valence electrons. The normalized spacial score (nSPS) is 10.3. The average Bonchev–Trinajstić information content (AvgIpc) is 2.49. The molecule has 6 heteroatoms. The van der Waals surface area contributed by atoms with Crippen molar-refractivity contribution in [3.8, 4) is 17.4 Å². The summed E-state index contributed by atoms with van der Waals surface area (Å²) in [5.74, 6) is 2.14. The fourth-order valence-electron chi connectivity index (χ4n) is 1.66. The number of aromatic nitrogens is 1. The van der Waals surface area contributed by atoms with Gasteiger partial charge in [0.25, 0.3) is 0 Å². The van der Waals surface area contributed by atoms with Crippen LogP contribution < -0.4 is 14.8 Å². The number of ether oxygens (including phenoxy) is 2. The number of nitrogens with zero attached hydrogens (tertiary/aromatic N) is 1. The molecule has 0 amide bonds. The van der Waals surface area contributed by atoms with Crippen LogP contribution in [0.1, 0.15) is 13.3 Å². The monoisotopic (exact) mass is 326 g/mol. The first kappa shape index (κ1) is 15.7. The van der Waals surface area contributed by atoms with Gasteiger partial charge in [-0.2, -0.15) is 4.98 Å². The number of benzene rings is 1. The fraction of sp³-hybridized carbons (Fsp3) is 0.267. The molecule has 0 aliphatic rings. The minimum atomic E-state index is 0.299. The molecule has 0 spiro atoms. The largest absolute Gasteiger partial charge is 0.497 e. The highest BCUT2D eigenvalue weighted by atomic mass is 35.5. The maximum Gasteiger partial charge on any atom is 0.240 e. The van der Waals surface area contributed by atoms with E-state index in [0.717, 1.165) is 13.0 Å². The average molecular weight is 327 g/mol. The van der Waals surface area contributed by atoms with E-state index in [1.807, 2.05) is 12.1 Å². The summed E-state index contributed by atoms with van der Waals surface area (Å²) in [7, 11) is 1.60. The van der Waals surface area contributed by atoms with Crippen LogP contribution in [-0.2, 0) is 0 Å². The molecule has 0 unspecified atom stereocenters. The lowest BCUT2D eigenvalue weighted by Gasteiger charge is -2.11. The first-order valence-corrected chi connectivity index (χ1v) is 7.31. The third kappa shape index (κ3) is 4.16. The van der Waals surface area contributed by atoms with Crippen LogP contribution in [0.4, 0.5) is 5.82 Å². The van der Waals surface area contributed by atoms with Gasteiger partial charge in [0.1, 0.15) is 22.3 Å². The molecule has 4 nitrogen and oxygen atoms in total. The van der Waals surface area contributed by atoms with Gasteiger partial charge in [-0.25, -0.2) is 0 Å². The number of rotatable bonds is 6. The van der Waals surface area contributed by atoms with Crippen LogP contribution >= 0.6 is 23.2 Å². The molecule has 2 rings (SSSR count). The lowest BCUT2D eigenvalue weighted by atomic mass is 10.3. The Hall–Kier alpha value is -1.65. The number of nitrogens with one attached hydrogen (secondary N) is 1. The lowest BCUT2D eigenvalue weighted by Crippen LogP contribution is -2.03. The molecular formula is C15H16Cl2N2O2. The Morgan fingerprint density at radius 1 is 1.14 bits per heavy atom. The number of hydrogen-bond acceptors (Lipinski definition) is 4. The van der Waals surface area contributed by atoms with Crippen LogP contribution in [-0.4, -0.2) is 18.6 Å². The quantitative estimate of drug-likeness (QED) is 0.810. The Morgan fingerprint density at radius 3 is 2.62 bits per heavy atom. The second-order valence-electron chi connectivity index (χ2n) is 4.31. The molecule has 0 fully saturated rings. The van der Waals surface area contributed by atoms with Crippen molar-refractivity contribution in [3.05, 3.63) is 40.4 Å². The zero-order valence-electron chi connectivity index (χ0n) is 11.8. The second kappa shape index (κ2) is 7.38. The Morgan fingerprint density at radius 2 is 1.90 bits per heavy atom. The summed E-state index contributed by atoms with van der Waals surface area (Å²) in [4.78, 5) is 4.32. The summed E-state index contributed by atoms with van der Waals surface area (Å²) in [5.41, 5.74) is 0. The van der Waals surface area contributed by atoms with E-state index in [1.165, 1.54) is 0 Å². The number of hydrogen-bond donors (Lipinski definition) is 1. The predicted molar refractivity (Wildman–Crippen MR) is 86.1 cm³/mol. The molecular weight excluding hydrogens is 311 g/mol. The van der Waals surface area contributed by atoms with E-state index in [1.54, 1.807) is 25.3 Å². The molecule has 0 aliphatic heterocycles. The Labute approximate surface area is 134 Å². The van der Waals surface area contributed by atoms with Crippen molar-refractivity contribution in [3.63, 3.8) is 0 Å². The lowest BCUT2D eigenvalue weighted by molar-refractivity contribution is 0.407. The second-order valence-corrected chi connectivity index (χ2v) is 5.13. The smallest absolute Gasteiger partial charge is 0.240 e. The van der Waals surface area contributed by atoms with E-state index >= 15 is 0 Å². The van der Waals surface area contributed by atoms with E-state index in [4.69, 9.17) is 32.7 Å². The van der Waals surface area contributed by atoms with Gasteiger partial charge in [0.2, 0.25) is 5.88 Å². The molecule has 0 saturated carbocycles. The summed E-state index contributed by atoms with van der Waals surface area (Å²) in [6, 6.07) is 8.83. The van der Waals surface area contributed by atoms with Gasteiger partial charge in [-0.05, 0) is 24.6 Å². The van der Waals surface area contributed by atoms with Crippen LogP contribution in [0, 0.1) is 0 Å². The molecule has 0 saturated heterocycles. The maximum atomic E-state index is 6.13. The standard InChI is InChI=1S/C15H16Cl2N2O2/c1-3-7-18-14-12(16)9-13(17)15(19-14)21-11-6-4-5-10(8-11)20-2/h4-6,8-9H,3,7H2,1-2H3,(H,18,19).